The maximum atomic E-state index is 12.5. The van der Waals surface area contributed by atoms with Gasteiger partial charge in [-0.25, -0.2) is 0 Å². The Balaban J connectivity index is 0.00000180. The van der Waals surface area contributed by atoms with Crippen molar-refractivity contribution in [3.63, 3.8) is 0 Å². The van der Waals surface area contributed by atoms with Crippen LogP contribution in [0.2, 0.25) is 0 Å². The van der Waals surface area contributed by atoms with Crippen molar-refractivity contribution in [3.05, 3.63) is 34.9 Å². The van der Waals surface area contributed by atoms with E-state index in [2.05, 4.69) is 11.4 Å². The molecule has 0 aromatic heterocycles. The average molecular weight is 283 g/mol. The van der Waals surface area contributed by atoms with E-state index in [0.29, 0.717) is 6.04 Å². The van der Waals surface area contributed by atoms with Crippen LogP contribution in [-0.4, -0.2) is 37.0 Å². The highest BCUT2D eigenvalue weighted by atomic mass is 35.5. The van der Waals surface area contributed by atoms with Crippen LogP contribution in [0, 0.1) is 13.8 Å². The van der Waals surface area contributed by atoms with Crippen molar-refractivity contribution in [2.75, 3.05) is 20.1 Å². The lowest BCUT2D eigenvalue weighted by Crippen LogP contribution is -2.44. The molecule has 1 N–H and O–H groups in total. The van der Waals surface area contributed by atoms with Crippen LogP contribution in [0.4, 0.5) is 0 Å². The fourth-order valence-electron chi connectivity index (χ4n) is 2.51. The van der Waals surface area contributed by atoms with E-state index in [1.807, 2.05) is 37.9 Å². The van der Waals surface area contributed by atoms with E-state index in [4.69, 9.17) is 0 Å². The first kappa shape index (κ1) is 16.0. The second kappa shape index (κ2) is 6.92. The van der Waals surface area contributed by atoms with Gasteiger partial charge in [0.25, 0.3) is 5.91 Å². The summed E-state index contributed by atoms with van der Waals surface area (Å²) in [5.41, 5.74) is 3.08. The summed E-state index contributed by atoms with van der Waals surface area (Å²) in [5, 5.41) is 3.29. The van der Waals surface area contributed by atoms with Crippen LogP contribution in [0.1, 0.15) is 34.3 Å². The number of carbonyl (C=O) groups excluding carboxylic acids is 1. The third-order valence-corrected chi connectivity index (χ3v) is 3.81. The Labute approximate surface area is 121 Å². The standard InChI is InChI=1S/C15H22N2O.ClH/c1-11-4-5-12(2)14(10-11)15(18)17-8-6-13(16-3)7-9-17;/h4-5,10,13,16H,6-9H2,1-3H3;1H. The molecule has 1 fully saturated rings. The first-order valence-corrected chi connectivity index (χ1v) is 6.65. The Bertz CT molecular complexity index is 440. The quantitative estimate of drug-likeness (QED) is 0.904. The van der Waals surface area contributed by atoms with Gasteiger partial charge in [-0.1, -0.05) is 17.7 Å². The molecule has 0 aliphatic carbocycles. The maximum Gasteiger partial charge on any atom is 0.254 e. The molecule has 0 unspecified atom stereocenters. The summed E-state index contributed by atoms with van der Waals surface area (Å²) in [4.78, 5) is 14.5. The highest BCUT2D eigenvalue weighted by molar-refractivity contribution is 5.95. The molecule has 3 nitrogen and oxygen atoms in total. The van der Waals surface area contributed by atoms with Crippen molar-refractivity contribution in [3.8, 4) is 0 Å². The van der Waals surface area contributed by atoms with Crippen LogP contribution in [0.25, 0.3) is 0 Å². The van der Waals surface area contributed by atoms with E-state index in [1.54, 1.807) is 0 Å². The Morgan fingerprint density at radius 1 is 1.26 bits per heavy atom. The number of benzene rings is 1. The molecule has 1 heterocycles. The first-order valence-electron chi connectivity index (χ1n) is 6.65. The number of hydrogen-bond donors (Lipinski definition) is 1. The molecule has 2 rings (SSSR count). The molecule has 0 bridgehead atoms. The van der Waals surface area contributed by atoms with Gasteiger partial charge < -0.3 is 10.2 Å². The lowest BCUT2D eigenvalue weighted by Gasteiger charge is -2.32. The first-order chi connectivity index (χ1) is 8.61. The van der Waals surface area contributed by atoms with E-state index in [9.17, 15) is 4.79 Å². The van der Waals surface area contributed by atoms with Gasteiger partial charge in [0.05, 0.1) is 0 Å². The summed E-state index contributed by atoms with van der Waals surface area (Å²) in [5.74, 6) is 0.186. The summed E-state index contributed by atoms with van der Waals surface area (Å²) in [6.45, 7) is 5.76. The second-order valence-corrected chi connectivity index (χ2v) is 5.17. The van der Waals surface area contributed by atoms with Gasteiger partial charge >= 0.3 is 0 Å². The Morgan fingerprint density at radius 3 is 2.47 bits per heavy atom. The molecule has 0 atom stereocenters. The minimum atomic E-state index is 0. The molecular formula is C15H23ClN2O. The lowest BCUT2D eigenvalue weighted by molar-refractivity contribution is 0.0706. The topological polar surface area (TPSA) is 32.3 Å². The molecule has 1 aliphatic rings. The Kier molecular flexibility index (Phi) is 5.83. The number of hydrogen-bond acceptors (Lipinski definition) is 2. The number of carbonyl (C=O) groups is 1. The number of piperidine rings is 1. The second-order valence-electron chi connectivity index (χ2n) is 5.17. The molecule has 4 heteroatoms. The normalized spacial score (nSPS) is 16.1. The molecular weight excluding hydrogens is 260 g/mol. The average Bonchev–Trinajstić information content (AvgIpc) is 2.41. The fraction of sp³-hybridized carbons (Fsp3) is 0.533. The number of likely N-dealkylation sites (tertiary alicyclic amines) is 1. The van der Waals surface area contributed by atoms with Crippen molar-refractivity contribution < 1.29 is 4.79 Å². The number of rotatable bonds is 2. The van der Waals surface area contributed by atoms with Gasteiger partial charge in [0, 0.05) is 24.7 Å². The number of aryl methyl sites for hydroxylation is 2. The molecule has 106 valence electrons. The number of nitrogens with zero attached hydrogens (tertiary/aromatic N) is 1. The van der Waals surface area contributed by atoms with E-state index >= 15 is 0 Å². The Hall–Kier alpha value is -1.06. The Morgan fingerprint density at radius 2 is 1.89 bits per heavy atom. The molecule has 0 saturated carbocycles. The summed E-state index contributed by atoms with van der Waals surface area (Å²) in [6.07, 6.45) is 2.10. The maximum absolute atomic E-state index is 12.5. The summed E-state index contributed by atoms with van der Waals surface area (Å²) in [7, 11) is 1.99. The van der Waals surface area contributed by atoms with Crippen LogP contribution < -0.4 is 5.32 Å². The minimum absolute atomic E-state index is 0. The predicted octanol–water partition coefficient (Wildman–Crippen LogP) is 2.55. The molecule has 1 amide bonds. The van der Waals surface area contributed by atoms with E-state index in [0.717, 1.165) is 42.6 Å². The third kappa shape index (κ3) is 3.71. The van der Waals surface area contributed by atoms with Gasteiger partial charge in [-0.15, -0.1) is 12.4 Å². The van der Waals surface area contributed by atoms with E-state index in [-0.39, 0.29) is 18.3 Å². The smallest absolute Gasteiger partial charge is 0.254 e. The zero-order chi connectivity index (χ0) is 13.1. The molecule has 1 aliphatic heterocycles. The largest absolute Gasteiger partial charge is 0.339 e. The highest BCUT2D eigenvalue weighted by Crippen LogP contribution is 2.17. The van der Waals surface area contributed by atoms with Crippen LogP contribution in [0.3, 0.4) is 0 Å². The van der Waals surface area contributed by atoms with E-state index < -0.39 is 0 Å². The van der Waals surface area contributed by atoms with Gasteiger partial charge in [-0.3, -0.25) is 4.79 Å². The summed E-state index contributed by atoms with van der Waals surface area (Å²) >= 11 is 0. The van der Waals surface area contributed by atoms with Crippen molar-refractivity contribution in [1.82, 2.24) is 10.2 Å². The summed E-state index contributed by atoms with van der Waals surface area (Å²) < 4.78 is 0. The molecule has 1 aromatic rings. The van der Waals surface area contributed by atoms with Crippen LogP contribution in [0.15, 0.2) is 18.2 Å². The lowest BCUT2D eigenvalue weighted by atomic mass is 10.0. The molecule has 19 heavy (non-hydrogen) atoms. The van der Waals surface area contributed by atoms with Crippen LogP contribution >= 0.6 is 12.4 Å². The molecule has 0 spiro atoms. The molecule has 1 saturated heterocycles. The van der Waals surface area contributed by atoms with Gasteiger partial charge in [-0.2, -0.15) is 0 Å². The van der Waals surface area contributed by atoms with Crippen LogP contribution in [-0.2, 0) is 0 Å². The molecule has 0 radical (unpaired) electrons. The third-order valence-electron chi connectivity index (χ3n) is 3.81. The van der Waals surface area contributed by atoms with Gasteiger partial charge in [-0.05, 0) is 45.4 Å². The monoisotopic (exact) mass is 282 g/mol. The summed E-state index contributed by atoms with van der Waals surface area (Å²) in [6, 6.07) is 6.65. The van der Waals surface area contributed by atoms with Crippen molar-refractivity contribution >= 4 is 18.3 Å². The number of amides is 1. The molecule has 1 aromatic carbocycles. The predicted molar refractivity (Wildman–Crippen MR) is 81.1 cm³/mol. The van der Waals surface area contributed by atoms with Gasteiger partial charge in [0.2, 0.25) is 0 Å². The van der Waals surface area contributed by atoms with Crippen molar-refractivity contribution in [2.24, 2.45) is 0 Å². The van der Waals surface area contributed by atoms with Crippen LogP contribution in [0.5, 0.6) is 0 Å². The fourth-order valence-corrected chi connectivity index (χ4v) is 2.51. The minimum Gasteiger partial charge on any atom is -0.339 e. The van der Waals surface area contributed by atoms with Crippen molar-refractivity contribution in [2.45, 2.75) is 32.7 Å². The van der Waals surface area contributed by atoms with Crippen molar-refractivity contribution in [1.29, 1.82) is 0 Å². The number of halogens is 1. The number of nitrogens with one attached hydrogen (secondary N) is 1. The zero-order valence-electron chi connectivity index (χ0n) is 11.9. The van der Waals surface area contributed by atoms with Gasteiger partial charge in [0.15, 0.2) is 0 Å². The van der Waals surface area contributed by atoms with E-state index in [1.165, 1.54) is 0 Å². The zero-order valence-corrected chi connectivity index (χ0v) is 12.7. The van der Waals surface area contributed by atoms with Gasteiger partial charge in [0.1, 0.15) is 0 Å². The highest BCUT2D eigenvalue weighted by Gasteiger charge is 2.23. The SMILES string of the molecule is CNC1CCN(C(=O)c2cc(C)ccc2C)CC1.Cl.